The maximum atomic E-state index is 12.5. The lowest BCUT2D eigenvalue weighted by molar-refractivity contribution is -0.116. The Labute approximate surface area is 169 Å². The van der Waals surface area contributed by atoms with Crippen molar-refractivity contribution in [3.05, 3.63) is 64.8 Å². The number of aryl methyl sites for hydroxylation is 3. The van der Waals surface area contributed by atoms with Crippen LogP contribution in [0.4, 0.5) is 17.2 Å². The number of amides is 2. The minimum Gasteiger partial charge on any atom is -0.382 e. The van der Waals surface area contributed by atoms with E-state index >= 15 is 0 Å². The Morgan fingerprint density at radius 2 is 1.83 bits per heavy atom. The summed E-state index contributed by atoms with van der Waals surface area (Å²) in [4.78, 5) is 24.9. The highest BCUT2D eigenvalue weighted by Crippen LogP contribution is 2.19. The van der Waals surface area contributed by atoms with Crippen LogP contribution in [-0.4, -0.2) is 26.8 Å². The fourth-order valence-electron chi connectivity index (χ4n) is 3.01. The van der Waals surface area contributed by atoms with Gasteiger partial charge < -0.3 is 16.4 Å². The second-order valence-electron chi connectivity index (χ2n) is 6.81. The van der Waals surface area contributed by atoms with Crippen LogP contribution in [0.2, 0.25) is 0 Å². The minimum absolute atomic E-state index is 0.0215. The normalized spacial score (nSPS) is 10.6. The Bertz CT molecular complexity index is 1060. The molecule has 4 N–H and O–H groups in total. The van der Waals surface area contributed by atoms with Gasteiger partial charge >= 0.3 is 0 Å². The Balaban J connectivity index is 1.70. The number of anilines is 3. The molecule has 1 heterocycles. The molecule has 29 heavy (non-hydrogen) atoms. The van der Waals surface area contributed by atoms with Crippen LogP contribution in [0.25, 0.3) is 0 Å². The molecule has 0 unspecified atom stereocenters. The van der Waals surface area contributed by atoms with E-state index in [1.165, 1.54) is 4.68 Å². The molecule has 0 aliphatic rings. The fraction of sp³-hybridized carbons (Fsp3) is 0.238. The Morgan fingerprint density at radius 3 is 2.55 bits per heavy atom. The van der Waals surface area contributed by atoms with Crippen molar-refractivity contribution in [1.82, 2.24) is 15.0 Å². The highest BCUT2D eigenvalue weighted by Gasteiger charge is 2.20. The molecule has 0 radical (unpaired) electrons. The van der Waals surface area contributed by atoms with Crippen LogP contribution in [0, 0.1) is 13.8 Å². The van der Waals surface area contributed by atoms with E-state index in [1.54, 1.807) is 0 Å². The molecule has 2 amide bonds. The van der Waals surface area contributed by atoms with Crippen LogP contribution in [0.5, 0.6) is 0 Å². The molecule has 0 aliphatic heterocycles. The van der Waals surface area contributed by atoms with Gasteiger partial charge in [0, 0.05) is 11.4 Å². The first-order chi connectivity index (χ1) is 13.9. The van der Waals surface area contributed by atoms with Gasteiger partial charge in [0.15, 0.2) is 11.5 Å². The van der Waals surface area contributed by atoms with E-state index < -0.39 is 5.91 Å². The van der Waals surface area contributed by atoms with E-state index in [-0.39, 0.29) is 24.0 Å². The average Bonchev–Trinajstić information content (AvgIpc) is 3.04. The van der Waals surface area contributed by atoms with Crippen molar-refractivity contribution in [2.45, 2.75) is 33.7 Å². The van der Waals surface area contributed by atoms with Crippen molar-refractivity contribution in [1.29, 1.82) is 0 Å². The third-order valence-corrected chi connectivity index (χ3v) is 4.58. The minimum atomic E-state index is -0.475. The molecule has 0 saturated carbocycles. The molecule has 0 spiro atoms. The zero-order valence-electron chi connectivity index (χ0n) is 16.7. The number of nitrogens with two attached hydrogens (primary N) is 1. The quantitative estimate of drug-likeness (QED) is 0.597. The largest absolute Gasteiger partial charge is 0.382 e. The van der Waals surface area contributed by atoms with Crippen molar-refractivity contribution in [2.75, 3.05) is 16.4 Å². The van der Waals surface area contributed by atoms with Crippen molar-refractivity contribution < 1.29 is 9.59 Å². The number of benzene rings is 2. The van der Waals surface area contributed by atoms with E-state index in [2.05, 4.69) is 20.9 Å². The summed E-state index contributed by atoms with van der Waals surface area (Å²) in [6.07, 6.45) is 0.796. The van der Waals surface area contributed by atoms with Gasteiger partial charge in [0.1, 0.15) is 6.54 Å². The molecular formula is C21H24N6O2. The zero-order chi connectivity index (χ0) is 21.0. The van der Waals surface area contributed by atoms with E-state index in [0.29, 0.717) is 5.69 Å². The summed E-state index contributed by atoms with van der Waals surface area (Å²) in [7, 11) is 0. The number of nitrogens with one attached hydrogen (secondary N) is 2. The Kier molecular flexibility index (Phi) is 5.92. The highest BCUT2D eigenvalue weighted by molar-refractivity contribution is 6.06. The second-order valence-corrected chi connectivity index (χ2v) is 6.81. The van der Waals surface area contributed by atoms with Crippen LogP contribution in [0.1, 0.15) is 34.1 Å². The summed E-state index contributed by atoms with van der Waals surface area (Å²) in [5.41, 5.74) is 10.5. The van der Waals surface area contributed by atoms with E-state index in [0.717, 1.165) is 28.8 Å². The third kappa shape index (κ3) is 4.60. The summed E-state index contributed by atoms with van der Waals surface area (Å²) < 4.78 is 1.21. The molecule has 3 rings (SSSR count). The molecular weight excluding hydrogens is 368 g/mol. The molecule has 1 aromatic heterocycles. The van der Waals surface area contributed by atoms with Crippen molar-refractivity contribution in [3.8, 4) is 0 Å². The van der Waals surface area contributed by atoms with Gasteiger partial charge in [-0.25, -0.2) is 4.68 Å². The maximum Gasteiger partial charge on any atom is 0.280 e. The van der Waals surface area contributed by atoms with E-state index in [1.807, 2.05) is 63.2 Å². The first kappa shape index (κ1) is 20.1. The highest BCUT2D eigenvalue weighted by atomic mass is 16.2. The first-order valence-corrected chi connectivity index (χ1v) is 9.34. The smallest absolute Gasteiger partial charge is 0.280 e. The van der Waals surface area contributed by atoms with Gasteiger partial charge in [-0.05, 0) is 43.5 Å². The lowest BCUT2D eigenvalue weighted by atomic mass is 10.1. The molecule has 8 nitrogen and oxygen atoms in total. The van der Waals surface area contributed by atoms with Crippen LogP contribution < -0.4 is 16.4 Å². The van der Waals surface area contributed by atoms with Crippen molar-refractivity contribution >= 4 is 29.0 Å². The van der Waals surface area contributed by atoms with Gasteiger partial charge in [0.05, 0.1) is 0 Å². The summed E-state index contributed by atoms with van der Waals surface area (Å²) in [5.74, 6) is -0.743. The fourth-order valence-corrected chi connectivity index (χ4v) is 3.01. The number of para-hydroxylation sites is 1. The molecule has 8 heteroatoms. The number of aromatic nitrogens is 3. The molecule has 0 saturated heterocycles. The Morgan fingerprint density at radius 1 is 1.07 bits per heavy atom. The van der Waals surface area contributed by atoms with Gasteiger partial charge in [-0.2, -0.15) is 0 Å². The van der Waals surface area contributed by atoms with Crippen LogP contribution >= 0.6 is 0 Å². The number of hydrogen-bond acceptors (Lipinski definition) is 5. The third-order valence-electron chi connectivity index (χ3n) is 4.58. The lowest BCUT2D eigenvalue weighted by Crippen LogP contribution is -2.22. The molecule has 0 atom stereocenters. The number of hydrogen-bond donors (Lipinski definition) is 3. The molecule has 150 valence electrons. The van der Waals surface area contributed by atoms with Gasteiger partial charge in [-0.3, -0.25) is 9.59 Å². The SMILES string of the molecule is CCc1ccccc1NC(=O)Cn1nnc(C(=O)Nc2ccc(C)cc2C)c1N. The number of rotatable bonds is 6. The van der Waals surface area contributed by atoms with E-state index in [9.17, 15) is 9.59 Å². The molecule has 0 fully saturated rings. The number of nitrogen functional groups attached to an aromatic ring is 1. The monoisotopic (exact) mass is 392 g/mol. The van der Waals surface area contributed by atoms with Crippen molar-refractivity contribution in [3.63, 3.8) is 0 Å². The predicted octanol–water partition coefficient (Wildman–Crippen LogP) is 2.93. The number of carbonyl (C=O) groups is 2. The van der Waals surface area contributed by atoms with Gasteiger partial charge in [0.2, 0.25) is 5.91 Å². The average molecular weight is 392 g/mol. The predicted molar refractivity (Wildman–Crippen MR) is 113 cm³/mol. The summed E-state index contributed by atoms with van der Waals surface area (Å²) in [6.45, 7) is 5.75. The zero-order valence-corrected chi connectivity index (χ0v) is 16.7. The standard InChI is InChI=1S/C21H24N6O2/c1-4-15-7-5-6-8-17(15)23-18(28)12-27-20(22)19(25-26-27)21(29)24-16-10-9-13(2)11-14(16)3/h5-11H,4,12,22H2,1-3H3,(H,23,28)(H,24,29). The lowest BCUT2D eigenvalue weighted by Gasteiger charge is -2.10. The number of carbonyl (C=O) groups excluding carboxylic acids is 2. The van der Waals surface area contributed by atoms with Gasteiger partial charge in [-0.15, -0.1) is 5.10 Å². The molecule has 0 aliphatic carbocycles. The van der Waals surface area contributed by atoms with Crippen LogP contribution in [0.15, 0.2) is 42.5 Å². The second kappa shape index (κ2) is 8.55. The van der Waals surface area contributed by atoms with Crippen LogP contribution in [0.3, 0.4) is 0 Å². The van der Waals surface area contributed by atoms with Gasteiger partial charge in [-0.1, -0.05) is 48.0 Å². The summed E-state index contributed by atoms with van der Waals surface area (Å²) >= 11 is 0. The van der Waals surface area contributed by atoms with Crippen LogP contribution in [-0.2, 0) is 17.8 Å². The topological polar surface area (TPSA) is 115 Å². The van der Waals surface area contributed by atoms with E-state index in [4.69, 9.17) is 5.73 Å². The molecule has 3 aromatic rings. The molecule has 0 bridgehead atoms. The van der Waals surface area contributed by atoms with Crippen molar-refractivity contribution in [2.24, 2.45) is 0 Å². The maximum absolute atomic E-state index is 12.5. The van der Waals surface area contributed by atoms with Gasteiger partial charge in [0.25, 0.3) is 5.91 Å². The summed E-state index contributed by atoms with van der Waals surface area (Å²) in [5, 5.41) is 13.3. The first-order valence-electron chi connectivity index (χ1n) is 9.34. The number of nitrogens with zero attached hydrogens (tertiary/aromatic N) is 3. The Hall–Kier alpha value is -3.68. The molecule has 2 aromatic carbocycles. The summed E-state index contributed by atoms with van der Waals surface area (Å²) in [6, 6.07) is 13.3.